The molecular weight excluding hydrogens is 605 g/mol. The van der Waals surface area contributed by atoms with Crippen LogP contribution in [-0.4, -0.2) is 68.6 Å². The van der Waals surface area contributed by atoms with Gasteiger partial charge in [0.15, 0.2) is 0 Å². The van der Waals surface area contributed by atoms with E-state index in [1.165, 1.54) is 49.0 Å². The minimum atomic E-state index is -1.41. The summed E-state index contributed by atoms with van der Waals surface area (Å²) in [5, 5.41) is 2.06. The Morgan fingerprint density at radius 2 is 1.70 bits per heavy atom. The first-order valence-electron chi connectivity index (χ1n) is 17.5. The topological polar surface area (TPSA) is 58.0 Å². The van der Waals surface area contributed by atoms with Crippen LogP contribution in [0.1, 0.15) is 74.4 Å². The Morgan fingerprint density at radius 3 is 2.51 bits per heavy atom. The highest BCUT2D eigenvalue weighted by molar-refractivity contribution is 7.82. The highest BCUT2D eigenvalue weighted by Crippen LogP contribution is 2.35. The summed E-state index contributed by atoms with van der Waals surface area (Å²) < 4.78 is 23.7. The van der Waals surface area contributed by atoms with Gasteiger partial charge in [-0.15, -0.1) is 0 Å². The van der Waals surface area contributed by atoms with Gasteiger partial charge in [0.1, 0.15) is 16.7 Å². The molecule has 0 N–H and O–H groups in total. The van der Waals surface area contributed by atoms with Crippen LogP contribution in [0.5, 0.6) is 5.75 Å². The number of carbonyl (C=O) groups is 1. The van der Waals surface area contributed by atoms with Crippen molar-refractivity contribution in [3.63, 3.8) is 0 Å². The monoisotopic (exact) mass is 654 g/mol. The van der Waals surface area contributed by atoms with Crippen LogP contribution in [0, 0.1) is 0 Å². The minimum absolute atomic E-state index is 0.109. The average Bonchev–Trinajstić information content (AvgIpc) is 3.61. The van der Waals surface area contributed by atoms with E-state index in [1.54, 1.807) is 7.11 Å². The minimum Gasteiger partial charge on any atom is -0.497 e. The fourth-order valence-corrected chi connectivity index (χ4v) is 8.87. The second-order valence-electron chi connectivity index (χ2n) is 13.0. The van der Waals surface area contributed by atoms with Crippen LogP contribution >= 0.6 is 0 Å². The molecule has 1 aliphatic carbocycles. The molecule has 1 saturated heterocycles. The Morgan fingerprint density at radius 1 is 0.915 bits per heavy atom. The van der Waals surface area contributed by atoms with Crippen LogP contribution in [-0.2, 0) is 41.7 Å². The van der Waals surface area contributed by atoms with Crippen molar-refractivity contribution in [1.29, 1.82) is 0 Å². The van der Waals surface area contributed by atoms with Crippen LogP contribution < -0.4 is 4.74 Å². The lowest BCUT2D eigenvalue weighted by atomic mass is 9.86. The van der Waals surface area contributed by atoms with E-state index in [-0.39, 0.29) is 18.0 Å². The zero-order valence-electron chi connectivity index (χ0n) is 28.5. The molecule has 1 fully saturated rings. The number of aromatic nitrogens is 1. The fraction of sp³-hybridized carbons (Fsp3) is 0.462. The van der Waals surface area contributed by atoms with Crippen molar-refractivity contribution in [2.75, 3.05) is 33.8 Å². The summed E-state index contributed by atoms with van der Waals surface area (Å²) in [6.07, 6.45) is 9.22. The number of piperidine rings is 1. The summed E-state index contributed by atoms with van der Waals surface area (Å²) in [5.41, 5.74) is 5.29. The molecule has 0 bridgehead atoms. The molecule has 1 aromatic heterocycles. The second kappa shape index (κ2) is 15.2. The van der Waals surface area contributed by atoms with Gasteiger partial charge >= 0.3 is 0 Å². The molecule has 3 heterocycles. The van der Waals surface area contributed by atoms with E-state index in [9.17, 15) is 9.00 Å². The van der Waals surface area contributed by atoms with E-state index >= 15 is 0 Å². The molecule has 2 aliphatic heterocycles. The molecule has 250 valence electrons. The summed E-state index contributed by atoms with van der Waals surface area (Å²) in [6.45, 7) is 8.83. The second-order valence-corrected chi connectivity index (χ2v) is 14.4. The zero-order chi connectivity index (χ0) is 32.9. The van der Waals surface area contributed by atoms with Crippen LogP contribution in [0.3, 0.4) is 0 Å². The number of fused-ring (bicyclic) bond motifs is 3. The van der Waals surface area contributed by atoms with E-state index < -0.39 is 11.0 Å². The maximum Gasteiger partial charge on any atom is 0.224 e. The molecule has 7 nitrogen and oxygen atoms in total. The van der Waals surface area contributed by atoms with E-state index in [2.05, 4.69) is 39.9 Å². The molecule has 47 heavy (non-hydrogen) atoms. The van der Waals surface area contributed by atoms with Gasteiger partial charge in [-0.2, -0.15) is 0 Å². The molecule has 3 aliphatic rings. The van der Waals surface area contributed by atoms with Crippen molar-refractivity contribution < 1.29 is 13.7 Å². The first-order valence-corrected chi connectivity index (χ1v) is 18.6. The van der Waals surface area contributed by atoms with Gasteiger partial charge in [-0.25, -0.2) is 8.51 Å². The molecule has 1 amide bonds. The lowest BCUT2D eigenvalue weighted by molar-refractivity contribution is -0.133. The number of likely N-dealkylation sites (N-methyl/N-ethyl adjacent to an activating group) is 1. The lowest BCUT2D eigenvalue weighted by Gasteiger charge is -2.38. The van der Waals surface area contributed by atoms with Crippen LogP contribution in [0.25, 0.3) is 10.8 Å². The van der Waals surface area contributed by atoms with Gasteiger partial charge in [-0.1, -0.05) is 50.6 Å². The SMILES string of the molecule is CC.COc1ccc2cc(S(=O)N3CCn4cccc4C3CC(=O)N(C)C3CCc4cc(CN5CCCCC5)ccc4C3)ccc2c1. The Balaban J connectivity index is 0.00000190. The molecule has 3 atom stereocenters. The van der Waals surface area contributed by atoms with Crippen molar-refractivity contribution in [2.45, 2.75) is 88.9 Å². The number of nitrogens with zero attached hydrogens (tertiary/aromatic N) is 4. The van der Waals surface area contributed by atoms with Crippen molar-refractivity contribution in [3.05, 3.63) is 95.3 Å². The Bertz CT molecular complexity index is 1710. The van der Waals surface area contributed by atoms with Gasteiger partial charge < -0.3 is 14.2 Å². The molecular formula is C39H50N4O3S. The molecule has 8 heteroatoms. The predicted molar refractivity (Wildman–Crippen MR) is 191 cm³/mol. The van der Waals surface area contributed by atoms with Gasteiger partial charge in [-0.3, -0.25) is 9.69 Å². The summed E-state index contributed by atoms with van der Waals surface area (Å²) >= 11 is 0. The quantitative estimate of drug-likeness (QED) is 0.203. The Labute approximate surface area is 283 Å². The number of likely N-dealkylation sites (tertiary alicyclic amines) is 1. The van der Waals surface area contributed by atoms with Crippen molar-refractivity contribution in [1.82, 2.24) is 18.7 Å². The lowest BCUT2D eigenvalue weighted by Crippen LogP contribution is -2.45. The van der Waals surface area contributed by atoms with Gasteiger partial charge in [0, 0.05) is 51.0 Å². The average molecular weight is 655 g/mol. The number of amides is 1. The van der Waals surface area contributed by atoms with E-state index in [0.29, 0.717) is 13.0 Å². The van der Waals surface area contributed by atoms with E-state index in [1.807, 2.05) is 72.6 Å². The highest BCUT2D eigenvalue weighted by Gasteiger charge is 2.35. The summed E-state index contributed by atoms with van der Waals surface area (Å²) in [7, 11) is 2.21. The van der Waals surface area contributed by atoms with Gasteiger partial charge in [0.2, 0.25) is 5.91 Å². The fourth-order valence-electron chi connectivity index (χ4n) is 7.53. The zero-order valence-corrected chi connectivity index (χ0v) is 29.3. The summed E-state index contributed by atoms with van der Waals surface area (Å²) in [4.78, 5) is 19.2. The Kier molecular flexibility index (Phi) is 10.8. The summed E-state index contributed by atoms with van der Waals surface area (Å²) in [6, 6.07) is 22.9. The number of benzene rings is 3. The van der Waals surface area contributed by atoms with Crippen molar-refractivity contribution in [3.8, 4) is 5.75 Å². The van der Waals surface area contributed by atoms with E-state index in [4.69, 9.17) is 4.74 Å². The smallest absolute Gasteiger partial charge is 0.224 e. The molecule has 4 aromatic rings. The molecule has 0 spiro atoms. The Hall–Kier alpha value is -3.46. The van der Waals surface area contributed by atoms with Crippen LogP contribution in [0.2, 0.25) is 0 Å². The van der Waals surface area contributed by atoms with Gasteiger partial charge in [0.05, 0.1) is 18.0 Å². The van der Waals surface area contributed by atoms with Crippen molar-refractivity contribution >= 4 is 27.7 Å². The number of aryl methyl sites for hydroxylation is 1. The third-order valence-corrected chi connectivity index (χ3v) is 11.7. The molecule has 7 rings (SSSR count). The van der Waals surface area contributed by atoms with Crippen LogP contribution in [0.15, 0.2) is 77.8 Å². The number of carbonyl (C=O) groups excluding carboxylic acids is 1. The molecule has 3 unspecified atom stereocenters. The van der Waals surface area contributed by atoms with Crippen LogP contribution in [0.4, 0.5) is 0 Å². The third kappa shape index (κ3) is 7.35. The number of hydrogen-bond acceptors (Lipinski definition) is 4. The number of methoxy groups -OCH3 is 1. The standard InChI is InChI=1S/C37H44N4O3S.C2H6/c1-38(32-13-10-28-21-27(8-9-29(28)22-32)26-39-16-4-3-5-17-39)37(42)25-36-35-7-6-18-40(35)19-20-41(36)45(43)34-15-12-30-23-33(44-2)14-11-31(30)24-34;1-2/h6-9,11-12,14-15,18,21,23-24,32,36H,3-5,10,13,16-17,19-20,22,25-26H2,1-2H3;1-2H3. The molecule has 0 saturated carbocycles. The number of hydrogen-bond donors (Lipinski definition) is 0. The molecule has 0 radical (unpaired) electrons. The normalized spacial score (nSPS) is 20.4. The predicted octanol–water partition coefficient (Wildman–Crippen LogP) is 7.15. The van der Waals surface area contributed by atoms with Gasteiger partial charge in [0.25, 0.3) is 0 Å². The van der Waals surface area contributed by atoms with Crippen molar-refractivity contribution in [2.24, 2.45) is 0 Å². The first kappa shape index (κ1) is 33.4. The van der Waals surface area contributed by atoms with E-state index in [0.717, 1.165) is 59.5 Å². The third-order valence-electron chi connectivity index (χ3n) is 10.2. The largest absolute Gasteiger partial charge is 0.497 e. The maximum atomic E-state index is 14.1. The summed E-state index contributed by atoms with van der Waals surface area (Å²) in [5.74, 6) is 0.910. The first-order chi connectivity index (χ1) is 23.0. The van der Waals surface area contributed by atoms with Gasteiger partial charge in [-0.05, 0) is 109 Å². The maximum absolute atomic E-state index is 14.1. The molecule has 3 aromatic carbocycles. The number of rotatable bonds is 8. The highest BCUT2D eigenvalue weighted by atomic mass is 32.2. The number of ether oxygens (including phenoxy) is 1.